The summed E-state index contributed by atoms with van der Waals surface area (Å²) in [5, 5.41) is 16.3. The molecule has 0 bridgehead atoms. The van der Waals surface area contributed by atoms with Crippen LogP contribution < -0.4 is 27.3 Å². The Morgan fingerprint density at radius 3 is 1.85 bits per heavy atom. The van der Waals surface area contributed by atoms with Crippen molar-refractivity contribution in [1.29, 1.82) is 0 Å². The van der Waals surface area contributed by atoms with Gasteiger partial charge in [0.05, 0.1) is 5.69 Å². The highest BCUT2D eigenvalue weighted by molar-refractivity contribution is 6.68. The van der Waals surface area contributed by atoms with Crippen molar-refractivity contribution in [2.24, 2.45) is 0 Å². The van der Waals surface area contributed by atoms with E-state index in [9.17, 15) is 0 Å². The van der Waals surface area contributed by atoms with E-state index in [0.717, 1.165) is 76.9 Å². The average Bonchev–Trinajstić information content (AvgIpc) is 3.81. The van der Waals surface area contributed by atoms with Gasteiger partial charge in [-0.2, -0.15) is 4.80 Å². The average molecular weight is 676 g/mol. The Bertz CT molecular complexity index is 3110. The summed E-state index contributed by atoms with van der Waals surface area (Å²) in [5.74, 6) is 1.87. The summed E-state index contributed by atoms with van der Waals surface area (Å²) in [7, 11) is 10.9. The fourth-order valence-corrected chi connectivity index (χ4v) is 7.79. The van der Waals surface area contributed by atoms with Gasteiger partial charge in [-0.25, -0.2) is 15.0 Å². The zero-order chi connectivity index (χ0) is 36.0. The van der Waals surface area contributed by atoms with E-state index in [1.54, 1.807) is 4.80 Å². The normalized spacial score (nSPS) is 11.8. The molecule has 3 heterocycles. The summed E-state index contributed by atoms with van der Waals surface area (Å²) in [5.41, 5.74) is 13.3. The molecule has 3 aromatic heterocycles. The molecule has 0 amide bonds. The van der Waals surface area contributed by atoms with E-state index in [0.29, 0.717) is 17.5 Å². The van der Waals surface area contributed by atoms with E-state index in [1.165, 1.54) is 27.3 Å². The Labute approximate surface area is 309 Å². The van der Waals surface area contributed by atoms with Gasteiger partial charge in [-0.15, -0.1) is 26.6 Å². The van der Waals surface area contributed by atoms with E-state index in [1.807, 2.05) is 60.7 Å². The number of para-hydroxylation sites is 2. The second kappa shape index (κ2) is 11.8. The largest absolute Gasteiger partial charge is 0.456 e. The van der Waals surface area contributed by atoms with Crippen LogP contribution in [0.3, 0.4) is 0 Å². The lowest BCUT2D eigenvalue weighted by Crippen LogP contribution is -2.55. The molecular weight excluding hydrogens is 647 g/mol. The third-order valence-electron chi connectivity index (χ3n) is 11.1. The van der Waals surface area contributed by atoms with Crippen molar-refractivity contribution in [2.75, 3.05) is 0 Å². The Hall–Kier alpha value is -6.41. The molecule has 7 aromatic carbocycles. The van der Waals surface area contributed by atoms with E-state index in [4.69, 9.17) is 29.6 Å². The van der Waals surface area contributed by atoms with Crippen LogP contribution in [0.4, 0.5) is 0 Å². The second-order valence-electron chi connectivity index (χ2n) is 14.0. The zero-order valence-electron chi connectivity index (χ0n) is 30.1. The van der Waals surface area contributed by atoms with Crippen molar-refractivity contribution in [2.45, 2.75) is 0 Å². The van der Waals surface area contributed by atoms with E-state index >= 15 is 0 Å². The van der Waals surface area contributed by atoms with E-state index < -0.39 is 0 Å². The number of nitrogens with zero attached hydrogens (tertiary/aromatic N) is 6. The molecule has 244 valence electrons. The first-order valence-corrected chi connectivity index (χ1v) is 17.9. The molecule has 0 aliphatic heterocycles. The van der Waals surface area contributed by atoms with E-state index in [2.05, 4.69) is 93.8 Å². The van der Waals surface area contributed by atoms with Crippen LogP contribution in [-0.2, 0) is 0 Å². The number of rotatable bonds is 4. The molecule has 0 saturated carbocycles. The van der Waals surface area contributed by atoms with Gasteiger partial charge >= 0.3 is 0 Å². The summed E-state index contributed by atoms with van der Waals surface area (Å²) in [4.78, 5) is 17.3. The van der Waals surface area contributed by atoms with Gasteiger partial charge in [0.1, 0.15) is 61.4 Å². The molecule has 0 spiro atoms. The Morgan fingerprint density at radius 2 is 1.08 bits per heavy atom. The summed E-state index contributed by atoms with van der Waals surface area (Å²) < 4.78 is 6.29. The van der Waals surface area contributed by atoms with Gasteiger partial charge in [-0.3, -0.25) is 0 Å². The molecule has 0 aliphatic carbocycles. The lowest BCUT2D eigenvalue weighted by Gasteiger charge is -2.20. The first-order chi connectivity index (χ1) is 25.8. The lowest BCUT2D eigenvalue weighted by molar-refractivity contribution is 0.669. The molecule has 12 heteroatoms. The number of furan rings is 1. The number of benzene rings is 7. The molecule has 0 aliphatic rings. The number of fused-ring (bicyclic) bond motifs is 8. The van der Waals surface area contributed by atoms with Gasteiger partial charge in [0.25, 0.3) is 0 Å². The van der Waals surface area contributed by atoms with Gasteiger partial charge < -0.3 is 4.42 Å². The predicted octanol–water partition coefficient (Wildman–Crippen LogP) is 1.10. The Balaban J connectivity index is 1.18. The molecule has 10 aromatic rings. The van der Waals surface area contributed by atoms with Gasteiger partial charge in [0, 0.05) is 32.8 Å². The fourth-order valence-electron chi connectivity index (χ4n) is 7.79. The van der Waals surface area contributed by atoms with Crippen LogP contribution >= 0.6 is 0 Å². The minimum absolute atomic E-state index is 0.597. The van der Waals surface area contributed by atoms with Crippen molar-refractivity contribution < 1.29 is 4.42 Å². The molecule has 0 saturated heterocycles. The minimum atomic E-state index is 0.597. The summed E-state index contributed by atoms with van der Waals surface area (Å²) in [6.45, 7) is 0. The van der Waals surface area contributed by atoms with Crippen molar-refractivity contribution in [3.8, 4) is 39.9 Å². The summed E-state index contributed by atoms with van der Waals surface area (Å²) in [6.07, 6.45) is 0. The van der Waals surface area contributed by atoms with Gasteiger partial charge in [-0.1, -0.05) is 83.7 Å². The smallest absolute Gasteiger partial charge is 0.164 e. The Kier molecular flexibility index (Phi) is 6.99. The van der Waals surface area contributed by atoms with Crippen LogP contribution in [0, 0.1) is 0 Å². The Morgan fingerprint density at radius 1 is 0.472 bits per heavy atom. The summed E-state index contributed by atoms with van der Waals surface area (Å²) >= 11 is 0. The fraction of sp³-hybridized carbons (Fsp3) is 0. The monoisotopic (exact) mass is 676 g/mol. The van der Waals surface area contributed by atoms with Gasteiger partial charge in [0.2, 0.25) is 0 Å². The maximum absolute atomic E-state index is 6.29. The van der Waals surface area contributed by atoms with Gasteiger partial charge in [0.15, 0.2) is 17.5 Å². The standard InChI is InChI=1S/C41H29B5N6O/c42-33-32(34(43)36(45)37(46)35(33)44)41-48-39(47-40(49-41)23-13-16-27-26-8-4-5-9-29(26)53-30(27)19-23)22-12-15-25-21(18-22)11-10-20-14-17-28-38(31(20)25)51-52(50-28)24-6-2-1-3-7-24/h1-19H,42-46H2. The number of aromatic nitrogens is 6. The van der Waals surface area contributed by atoms with Crippen molar-refractivity contribution >= 4 is 121 Å². The topological polar surface area (TPSA) is 82.5 Å². The third kappa shape index (κ3) is 4.93. The van der Waals surface area contributed by atoms with E-state index in [-0.39, 0.29) is 0 Å². The molecule has 0 atom stereocenters. The quantitative estimate of drug-likeness (QED) is 0.206. The number of hydrogen-bond donors (Lipinski definition) is 0. The van der Waals surface area contributed by atoms with Crippen LogP contribution in [0.1, 0.15) is 0 Å². The lowest BCUT2D eigenvalue weighted by atomic mass is 9.60. The zero-order valence-corrected chi connectivity index (χ0v) is 30.1. The maximum atomic E-state index is 6.29. The molecule has 0 N–H and O–H groups in total. The van der Waals surface area contributed by atoms with Crippen molar-refractivity contribution in [3.63, 3.8) is 0 Å². The van der Waals surface area contributed by atoms with Crippen LogP contribution in [0.2, 0.25) is 0 Å². The van der Waals surface area contributed by atoms with Crippen LogP contribution in [0.5, 0.6) is 0 Å². The van der Waals surface area contributed by atoms with Crippen molar-refractivity contribution in [3.05, 3.63) is 115 Å². The van der Waals surface area contributed by atoms with Crippen LogP contribution in [-0.4, -0.2) is 69.2 Å². The second-order valence-corrected chi connectivity index (χ2v) is 14.0. The molecule has 0 fully saturated rings. The maximum Gasteiger partial charge on any atom is 0.164 e. The first-order valence-electron chi connectivity index (χ1n) is 17.9. The molecule has 7 nitrogen and oxygen atoms in total. The molecule has 53 heavy (non-hydrogen) atoms. The van der Waals surface area contributed by atoms with Crippen LogP contribution in [0.15, 0.2) is 120 Å². The predicted molar refractivity (Wildman–Crippen MR) is 232 cm³/mol. The molecule has 0 radical (unpaired) electrons. The third-order valence-corrected chi connectivity index (χ3v) is 11.1. The number of hydrogen-bond acceptors (Lipinski definition) is 6. The summed E-state index contributed by atoms with van der Waals surface area (Å²) in [6, 6.07) is 39.3. The van der Waals surface area contributed by atoms with Crippen LogP contribution in [0.25, 0.3) is 94.4 Å². The molecule has 0 unspecified atom stereocenters. The highest BCUT2D eigenvalue weighted by atomic mass is 16.3. The molecular formula is C41H29B5N6O. The molecule has 10 rings (SSSR count). The van der Waals surface area contributed by atoms with Crippen molar-refractivity contribution in [1.82, 2.24) is 29.9 Å². The highest BCUT2D eigenvalue weighted by Crippen LogP contribution is 2.35. The van der Waals surface area contributed by atoms with Gasteiger partial charge in [-0.05, 0) is 58.6 Å². The highest BCUT2D eigenvalue weighted by Gasteiger charge is 2.20. The SMILES string of the molecule is Bc1c(B)c(B)c(-c2nc(-c3ccc4c(ccc5ccc6nn(-c7ccccc7)nc6c54)c3)nc(-c3ccc4c(c3)oc3ccccc34)n2)c(B)c1B. The minimum Gasteiger partial charge on any atom is -0.456 e. The first kappa shape index (κ1) is 31.3.